The second kappa shape index (κ2) is 14.1. The Morgan fingerprint density at radius 1 is 0.317 bits per heavy atom. The average molecular weight is 926 g/mol. The summed E-state index contributed by atoms with van der Waals surface area (Å²) < 4.78 is 395. The number of hydrogen-bond acceptors (Lipinski definition) is 4. The van der Waals surface area contributed by atoms with Crippen LogP contribution in [0, 0.1) is 46.5 Å². The lowest BCUT2D eigenvalue weighted by Crippen LogP contribution is -2.60. The van der Waals surface area contributed by atoms with Gasteiger partial charge >= 0.3 is 48.4 Å². The summed E-state index contributed by atoms with van der Waals surface area (Å²) in [5.74, 6) is -68.0. The van der Waals surface area contributed by atoms with E-state index in [0.29, 0.717) is 0 Å². The van der Waals surface area contributed by atoms with Gasteiger partial charge in [-0.15, -0.1) is 0 Å². The van der Waals surface area contributed by atoms with Gasteiger partial charge in [0.05, 0.1) is 22.5 Å². The fourth-order valence-corrected chi connectivity index (χ4v) is 4.71. The number of benzene rings is 2. The Morgan fingerprint density at radius 3 is 0.750 bits per heavy atom. The van der Waals surface area contributed by atoms with E-state index in [4.69, 9.17) is 0 Å². The summed E-state index contributed by atoms with van der Waals surface area (Å²) in [6.07, 6.45) is -28.4. The molecule has 4 rings (SSSR count). The minimum atomic E-state index is -8.14. The van der Waals surface area contributed by atoms with Gasteiger partial charge in [-0.1, -0.05) is 0 Å². The van der Waals surface area contributed by atoms with Crippen LogP contribution in [0.25, 0.3) is 22.5 Å². The summed E-state index contributed by atoms with van der Waals surface area (Å²) in [5.41, 5.74) is -26.2. The number of hydrogen-bond donors (Lipinski definition) is 0. The zero-order valence-corrected chi connectivity index (χ0v) is 26.5. The molecule has 60 heavy (non-hydrogen) atoms. The Hall–Kier alpha value is -5.36. The van der Waals surface area contributed by atoms with E-state index in [-0.39, 0.29) is 0 Å². The normalized spacial score (nSPS) is 14.0. The van der Waals surface area contributed by atoms with Crippen LogP contribution < -0.4 is 0 Å². The summed E-state index contributed by atoms with van der Waals surface area (Å²) in [4.78, 5) is 7.10. The third-order valence-corrected chi connectivity index (χ3v) is 7.50. The molecule has 0 fully saturated rings. The lowest BCUT2D eigenvalue weighted by molar-refractivity contribution is -0.377. The molecular weight excluding hydrogens is 924 g/mol. The van der Waals surface area contributed by atoms with Crippen LogP contribution in [0.2, 0.25) is 0 Å². The second-order valence-electron chi connectivity index (χ2n) is 11.2. The van der Waals surface area contributed by atoms with Gasteiger partial charge in [0.2, 0.25) is 11.6 Å². The van der Waals surface area contributed by atoms with E-state index in [0.717, 1.165) is 0 Å². The molecule has 2 heterocycles. The largest absolute Gasteiger partial charge is 0.422 e. The average Bonchev–Trinajstić information content (AvgIpc) is 3.07. The van der Waals surface area contributed by atoms with Crippen LogP contribution in [0.3, 0.4) is 0 Å². The molecule has 330 valence electrons. The van der Waals surface area contributed by atoms with Crippen molar-refractivity contribution in [2.24, 2.45) is 0 Å². The molecule has 0 radical (unpaired) electrons. The van der Waals surface area contributed by atoms with E-state index >= 15 is 35.1 Å². The van der Waals surface area contributed by atoms with Crippen molar-refractivity contribution in [2.45, 2.75) is 48.4 Å². The SMILES string of the molecule is Fc1c(F)c(C(F)(F)F)c(F)c(F)c1-c1nc(C(F)(F)C(F)(F)C(F)(F)C(F)(F)c2ncc(C(F)(F)F)c(-c3c(F)c(F)c(C(F)(F)F)c(F)c3F)n2)ncc1C(F)(F)F. The van der Waals surface area contributed by atoms with Crippen molar-refractivity contribution in [3.05, 3.63) is 92.8 Å². The number of rotatable bonds is 7. The minimum Gasteiger partial charge on any atom is -0.235 e. The Balaban J connectivity index is 2.01. The van der Waals surface area contributed by atoms with Gasteiger partial charge in [0.1, 0.15) is 22.3 Å². The third-order valence-electron chi connectivity index (χ3n) is 7.50. The van der Waals surface area contributed by atoms with Gasteiger partial charge in [-0.25, -0.2) is 55.1 Å². The van der Waals surface area contributed by atoms with Gasteiger partial charge in [0.25, 0.3) is 0 Å². The van der Waals surface area contributed by atoms with Crippen LogP contribution in [0.5, 0.6) is 0 Å². The molecule has 0 saturated heterocycles. The van der Waals surface area contributed by atoms with Gasteiger partial charge in [0.15, 0.2) is 46.5 Å². The van der Waals surface area contributed by atoms with E-state index in [1.54, 1.807) is 9.97 Å². The summed E-state index contributed by atoms with van der Waals surface area (Å²) in [6, 6.07) is 0. The first-order valence-corrected chi connectivity index (χ1v) is 14.0. The molecule has 0 spiro atoms. The Labute approximate surface area is 307 Å². The molecule has 0 bridgehead atoms. The lowest BCUT2D eigenvalue weighted by atomic mass is 9.96. The fourth-order valence-electron chi connectivity index (χ4n) is 4.71. The molecular formula is C28H2F28N4. The number of halogens is 28. The van der Waals surface area contributed by atoms with E-state index in [1.165, 1.54) is 0 Å². The Morgan fingerprint density at radius 2 is 0.550 bits per heavy atom. The zero-order chi connectivity index (χ0) is 46.6. The second-order valence-corrected chi connectivity index (χ2v) is 11.2. The zero-order valence-electron chi connectivity index (χ0n) is 26.5. The van der Waals surface area contributed by atoms with Crippen molar-refractivity contribution in [1.29, 1.82) is 0 Å². The number of nitrogens with zero attached hydrogens (tertiary/aromatic N) is 4. The maximum atomic E-state index is 15.2. The van der Waals surface area contributed by atoms with Crippen LogP contribution in [0.1, 0.15) is 33.9 Å². The lowest BCUT2D eigenvalue weighted by Gasteiger charge is -2.35. The highest BCUT2D eigenvalue weighted by molar-refractivity contribution is 5.67. The molecule has 4 aromatic rings. The molecule has 0 aliphatic carbocycles. The summed E-state index contributed by atoms with van der Waals surface area (Å²) >= 11 is 0. The topological polar surface area (TPSA) is 51.6 Å². The molecule has 0 N–H and O–H groups in total. The standard InChI is InChI=1S/C28H2F28N4/c29-9-5(10(30)14(34)7(13(9)33)25(47,48)49)17-3(23(41,42)43)1-57-19(59-17)21(37,38)27(53,54)28(55,56)22(39,40)20-58-2-4(24(44,45)46)18(60-20)6-11(31)15(35)8(26(50,51)52)16(36)12(6)32/h1-2H. The predicted molar refractivity (Wildman–Crippen MR) is 132 cm³/mol. The molecule has 32 heteroatoms. The van der Waals surface area contributed by atoms with Gasteiger partial charge in [-0.05, 0) is 0 Å². The first kappa shape index (κ1) is 47.3. The number of alkyl halides is 20. The van der Waals surface area contributed by atoms with Crippen molar-refractivity contribution < 1.29 is 123 Å². The van der Waals surface area contributed by atoms with Crippen molar-refractivity contribution in [2.75, 3.05) is 0 Å². The van der Waals surface area contributed by atoms with Gasteiger partial charge in [-0.3, -0.25) is 0 Å². The van der Waals surface area contributed by atoms with Gasteiger partial charge < -0.3 is 0 Å². The maximum absolute atomic E-state index is 15.2. The molecule has 0 saturated carbocycles. The van der Waals surface area contributed by atoms with Crippen LogP contribution in [0.15, 0.2) is 12.4 Å². The van der Waals surface area contributed by atoms with Crippen LogP contribution in [0.4, 0.5) is 123 Å². The van der Waals surface area contributed by atoms with E-state index in [1.807, 2.05) is 9.97 Å². The molecule has 2 aromatic heterocycles. The highest BCUT2D eigenvalue weighted by Gasteiger charge is 2.83. The third kappa shape index (κ3) is 7.20. The molecule has 2 aromatic carbocycles. The summed E-state index contributed by atoms with van der Waals surface area (Å²) in [5, 5.41) is 0. The van der Waals surface area contributed by atoms with Crippen LogP contribution in [-0.4, -0.2) is 31.8 Å². The molecule has 0 aliphatic rings. The molecule has 0 unspecified atom stereocenters. The first-order valence-electron chi connectivity index (χ1n) is 14.0. The highest BCUT2D eigenvalue weighted by Crippen LogP contribution is 2.59. The minimum absolute atomic E-state index is 1.35. The summed E-state index contributed by atoms with van der Waals surface area (Å²) in [7, 11) is 0. The maximum Gasteiger partial charge on any atom is 0.422 e. The molecule has 0 amide bonds. The molecule has 0 atom stereocenters. The van der Waals surface area contributed by atoms with Crippen molar-refractivity contribution in [1.82, 2.24) is 19.9 Å². The first-order chi connectivity index (χ1) is 26.7. The van der Waals surface area contributed by atoms with Crippen molar-refractivity contribution in [3.8, 4) is 22.5 Å². The highest BCUT2D eigenvalue weighted by atomic mass is 19.4. The van der Waals surface area contributed by atoms with E-state index in [2.05, 4.69) is 0 Å². The fraction of sp³-hybridized carbons (Fsp3) is 0.286. The number of aromatic nitrogens is 4. The van der Waals surface area contributed by atoms with Crippen molar-refractivity contribution in [3.63, 3.8) is 0 Å². The quantitative estimate of drug-likeness (QED) is 0.137. The van der Waals surface area contributed by atoms with Gasteiger partial charge in [0, 0.05) is 12.4 Å². The van der Waals surface area contributed by atoms with Crippen LogP contribution in [-0.2, 0) is 36.6 Å². The van der Waals surface area contributed by atoms with E-state index in [9.17, 15) is 87.8 Å². The Bertz CT molecular complexity index is 2150. The smallest absolute Gasteiger partial charge is 0.235 e. The molecule has 4 nitrogen and oxygen atoms in total. The Kier molecular flexibility index (Phi) is 11.1. The van der Waals surface area contributed by atoms with Crippen LogP contribution >= 0.6 is 0 Å². The van der Waals surface area contributed by atoms with E-state index < -0.39 is 164 Å². The monoisotopic (exact) mass is 926 g/mol. The predicted octanol–water partition coefficient (Wildman–Crippen LogP) is 11.9. The van der Waals surface area contributed by atoms with Gasteiger partial charge in [-0.2, -0.15) is 87.8 Å². The molecule has 0 aliphatic heterocycles. The summed E-state index contributed by atoms with van der Waals surface area (Å²) in [6.45, 7) is 0. The van der Waals surface area contributed by atoms with Crippen molar-refractivity contribution >= 4 is 0 Å².